The maximum Gasteiger partial charge on any atom is 0.264 e. The summed E-state index contributed by atoms with van der Waals surface area (Å²) in [7, 11) is 0. The van der Waals surface area contributed by atoms with Gasteiger partial charge in [-0.05, 0) is 37.1 Å². The summed E-state index contributed by atoms with van der Waals surface area (Å²) >= 11 is 1.55. The molecule has 1 amide bonds. The third kappa shape index (κ3) is 2.46. The van der Waals surface area contributed by atoms with Gasteiger partial charge in [0, 0.05) is 12.6 Å². The van der Waals surface area contributed by atoms with Gasteiger partial charge in [-0.25, -0.2) is 0 Å². The van der Waals surface area contributed by atoms with Crippen molar-refractivity contribution in [1.29, 1.82) is 0 Å². The first kappa shape index (κ1) is 11.6. The van der Waals surface area contributed by atoms with Crippen molar-refractivity contribution in [3.63, 3.8) is 0 Å². The van der Waals surface area contributed by atoms with E-state index in [0.29, 0.717) is 6.04 Å². The molecule has 88 valence electrons. The molecule has 1 aromatic rings. The smallest absolute Gasteiger partial charge is 0.264 e. The van der Waals surface area contributed by atoms with E-state index in [9.17, 15) is 4.79 Å². The Bertz CT molecular complexity index is 332. The molecule has 1 atom stereocenters. The monoisotopic (exact) mass is 237 g/mol. The van der Waals surface area contributed by atoms with Crippen LogP contribution in [0.25, 0.3) is 0 Å². The molecular formula is C13H19NOS. The Morgan fingerprint density at radius 1 is 1.56 bits per heavy atom. The van der Waals surface area contributed by atoms with Gasteiger partial charge in [-0.15, -0.1) is 11.3 Å². The van der Waals surface area contributed by atoms with E-state index in [0.717, 1.165) is 24.3 Å². The van der Waals surface area contributed by atoms with Gasteiger partial charge in [0.15, 0.2) is 0 Å². The largest absolute Gasteiger partial charge is 0.335 e. The molecule has 0 N–H and O–H groups in total. The molecule has 2 heterocycles. The zero-order valence-corrected chi connectivity index (χ0v) is 10.6. The Hall–Kier alpha value is -0.830. The summed E-state index contributed by atoms with van der Waals surface area (Å²) in [6.07, 6.45) is 5.94. The van der Waals surface area contributed by atoms with E-state index in [4.69, 9.17) is 0 Å². The molecule has 0 spiro atoms. The van der Waals surface area contributed by atoms with E-state index in [1.165, 1.54) is 19.3 Å². The number of nitrogens with zero attached hydrogens (tertiary/aromatic N) is 1. The second kappa shape index (κ2) is 5.48. The van der Waals surface area contributed by atoms with Crippen molar-refractivity contribution in [2.75, 3.05) is 6.54 Å². The van der Waals surface area contributed by atoms with Crippen molar-refractivity contribution >= 4 is 17.2 Å². The average Bonchev–Trinajstić information content (AvgIpc) is 2.83. The van der Waals surface area contributed by atoms with Crippen molar-refractivity contribution in [3.05, 3.63) is 22.4 Å². The molecule has 16 heavy (non-hydrogen) atoms. The molecule has 3 heteroatoms. The normalized spacial score (nSPS) is 21.1. The van der Waals surface area contributed by atoms with Crippen LogP contribution < -0.4 is 0 Å². The Morgan fingerprint density at radius 3 is 3.12 bits per heavy atom. The summed E-state index contributed by atoms with van der Waals surface area (Å²) < 4.78 is 0. The highest BCUT2D eigenvalue weighted by Gasteiger charge is 2.26. The van der Waals surface area contributed by atoms with Crippen LogP contribution in [0.2, 0.25) is 0 Å². The lowest BCUT2D eigenvalue weighted by atomic mass is 9.98. The fraction of sp³-hybridized carbons (Fsp3) is 0.615. The van der Waals surface area contributed by atoms with Gasteiger partial charge < -0.3 is 4.90 Å². The maximum atomic E-state index is 12.3. The number of piperidine rings is 1. The van der Waals surface area contributed by atoms with Crippen molar-refractivity contribution in [2.45, 2.75) is 45.1 Å². The third-order valence-corrected chi connectivity index (χ3v) is 4.10. The number of carbonyl (C=O) groups excluding carboxylic acids is 1. The van der Waals surface area contributed by atoms with Crippen LogP contribution in [0, 0.1) is 0 Å². The van der Waals surface area contributed by atoms with Crippen LogP contribution in [-0.2, 0) is 0 Å². The Balaban J connectivity index is 2.08. The molecule has 0 aliphatic carbocycles. The summed E-state index contributed by atoms with van der Waals surface area (Å²) in [5.74, 6) is 0.244. The van der Waals surface area contributed by atoms with Gasteiger partial charge in [-0.3, -0.25) is 4.79 Å². The summed E-state index contributed by atoms with van der Waals surface area (Å²) in [6.45, 7) is 3.14. The molecule has 1 aromatic heterocycles. The van der Waals surface area contributed by atoms with Crippen LogP contribution in [0.1, 0.15) is 48.7 Å². The van der Waals surface area contributed by atoms with Crippen molar-refractivity contribution in [1.82, 2.24) is 4.90 Å². The van der Waals surface area contributed by atoms with E-state index >= 15 is 0 Å². The molecule has 2 rings (SSSR count). The van der Waals surface area contributed by atoms with Crippen molar-refractivity contribution in [3.8, 4) is 0 Å². The highest BCUT2D eigenvalue weighted by atomic mass is 32.1. The second-order valence-corrected chi connectivity index (χ2v) is 5.36. The number of thiophene rings is 1. The number of amides is 1. The van der Waals surface area contributed by atoms with Gasteiger partial charge in [0.05, 0.1) is 4.88 Å². The van der Waals surface area contributed by atoms with Gasteiger partial charge in [0.25, 0.3) is 5.91 Å². The molecule has 0 bridgehead atoms. The van der Waals surface area contributed by atoms with E-state index < -0.39 is 0 Å². The molecule has 1 saturated heterocycles. The fourth-order valence-corrected chi connectivity index (χ4v) is 3.12. The molecule has 0 aromatic carbocycles. The van der Waals surface area contributed by atoms with Crippen molar-refractivity contribution < 1.29 is 4.79 Å². The lowest BCUT2D eigenvalue weighted by molar-refractivity contribution is 0.0606. The molecule has 1 unspecified atom stereocenters. The van der Waals surface area contributed by atoms with Gasteiger partial charge >= 0.3 is 0 Å². The summed E-state index contributed by atoms with van der Waals surface area (Å²) in [5, 5.41) is 1.98. The summed E-state index contributed by atoms with van der Waals surface area (Å²) in [4.78, 5) is 15.3. The van der Waals surface area contributed by atoms with Crippen LogP contribution in [0.4, 0.5) is 0 Å². The Morgan fingerprint density at radius 2 is 2.44 bits per heavy atom. The predicted octanol–water partition coefficient (Wildman–Crippen LogP) is 3.54. The quantitative estimate of drug-likeness (QED) is 0.787. The maximum absolute atomic E-state index is 12.3. The first-order chi connectivity index (χ1) is 7.83. The molecule has 2 nitrogen and oxygen atoms in total. The number of likely N-dealkylation sites (tertiary alicyclic amines) is 1. The SMILES string of the molecule is CCCC1CCCCN1C(=O)c1cccs1. The predicted molar refractivity (Wildman–Crippen MR) is 67.9 cm³/mol. The van der Waals surface area contributed by atoms with E-state index in [1.54, 1.807) is 11.3 Å². The highest BCUT2D eigenvalue weighted by Crippen LogP contribution is 2.24. The molecule has 0 radical (unpaired) electrons. The van der Waals surface area contributed by atoms with Crippen LogP contribution in [-0.4, -0.2) is 23.4 Å². The van der Waals surface area contributed by atoms with Gasteiger partial charge in [-0.2, -0.15) is 0 Å². The van der Waals surface area contributed by atoms with Gasteiger partial charge in [0.2, 0.25) is 0 Å². The summed E-state index contributed by atoms with van der Waals surface area (Å²) in [5.41, 5.74) is 0. The van der Waals surface area contributed by atoms with Crippen LogP contribution in [0.5, 0.6) is 0 Å². The minimum atomic E-state index is 0.244. The second-order valence-electron chi connectivity index (χ2n) is 4.41. The number of hydrogen-bond donors (Lipinski definition) is 0. The minimum Gasteiger partial charge on any atom is -0.335 e. The molecule has 0 saturated carbocycles. The number of hydrogen-bond acceptors (Lipinski definition) is 2. The molecule has 1 aliphatic rings. The Kier molecular flexibility index (Phi) is 3.99. The van der Waals surface area contributed by atoms with E-state index in [1.807, 2.05) is 17.5 Å². The van der Waals surface area contributed by atoms with Crippen LogP contribution in [0.3, 0.4) is 0 Å². The zero-order chi connectivity index (χ0) is 11.4. The van der Waals surface area contributed by atoms with Crippen LogP contribution in [0.15, 0.2) is 17.5 Å². The molecule has 1 aliphatic heterocycles. The summed E-state index contributed by atoms with van der Waals surface area (Å²) in [6, 6.07) is 4.37. The fourth-order valence-electron chi connectivity index (χ4n) is 2.44. The number of carbonyl (C=O) groups is 1. The standard InChI is InChI=1S/C13H19NOS/c1-2-6-11-7-3-4-9-14(11)13(15)12-8-5-10-16-12/h5,8,10-11H,2-4,6-7,9H2,1H3. The minimum absolute atomic E-state index is 0.244. The first-order valence-electron chi connectivity index (χ1n) is 6.17. The molecule has 1 fully saturated rings. The number of rotatable bonds is 3. The lowest BCUT2D eigenvalue weighted by Gasteiger charge is -2.35. The molecular weight excluding hydrogens is 218 g/mol. The van der Waals surface area contributed by atoms with Crippen LogP contribution >= 0.6 is 11.3 Å². The topological polar surface area (TPSA) is 20.3 Å². The van der Waals surface area contributed by atoms with Gasteiger partial charge in [-0.1, -0.05) is 19.4 Å². The highest BCUT2D eigenvalue weighted by molar-refractivity contribution is 7.12. The Labute approximate surface area is 101 Å². The van der Waals surface area contributed by atoms with Crippen molar-refractivity contribution in [2.24, 2.45) is 0 Å². The average molecular weight is 237 g/mol. The van der Waals surface area contributed by atoms with E-state index in [2.05, 4.69) is 11.8 Å². The lowest BCUT2D eigenvalue weighted by Crippen LogP contribution is -2.43. The van der Waals surface area contributed by atoms with Gasteiger partial charge in [0.1, 0.15) is 0 Å². The first-order valence-corrected chi connectivity index (χ1v) is 7.05. The third-order valence-electron chi connectivity index (χ3n) is 3.24. The van der Waals surface area contributed by atoms with E-state index in [-0.39, 0.29) is 5.91 Å². The zero-order valence-electron chi connectivity index (χ0n) is 9.82.